The summed E-state index contributed by atoms with van der Waals surface area (Å²) >= 11 is 0. The summed E-state index contributed by atoms with van der Waals surface area (Å²) in [7, 11) is 0. The second-order valence-electron chi connectivity index (χ2n) is 16.9. The van der Waals surface area contributed by atoms with Gasteiger partial charge in [-0.25, -0.2) is 0 Å². The van der Waals surface area contributed by atoms with Gasteiger partial charge in [0, 0.05) is 19.3 Å². The van der Waals surface area contributed by atoms with Gasteiger partial charge in [0.25, 0.3) is 0 Å². The van der Waals surface area contributed by atoms with Crippen LogP contribution in [0.4, 0.5) is 0 Å². The molecular weight excluding hydrogens is 805 g/mol. The summed E-state index contributed by atoms with van der Waals surface area (Å²) < 4.78 is 16.8. The van der Waals surface area contributed by atoms with Crippen LogP contribution < -0.4 is 0 Å². The fourth-order valence-corrected chi connectivity index (χ4v) is 6.69. The molecule has 0 heterocycles. The highest BCUT2D eigenvalue weighted by Crippen LogP contribution is 2.13. The van der Waals surface area contributed by atoms with Gasteiger partial charge in [0.2, 0.25) is 0 Å². The summed E-state index contributed by atoms with van der Waals surface area (Å²) in [5, 5.41) is 0. The molecule has 0 fully saturated rings. The standard InChI is InChI=1S/C59H94O6/c1-4-7-10-13-16-19-22-25-28-29-32-34-37-40-43-46-49-52-58(61)64-55-56(65-59(62)53-50-47-44-41-38-35-31-27-24-21-18-15-12-9-6-3)54-63-57(60)51-48-45-42-39-36-33-30-26-23-20-17-14-11-8-5-2/h7,10,13,16-29,32,34,37,56H,4-6,8-9,11-12,14-15,30-31,33,35-36,38-55H2,1-3H3/b10-7-,16-13-,20-17-,21-18-,22-19-,26-23-,27-24-,28-25-,32-29+,37-34-. The van der Waals surface area contributed by atoms with Gasteiger partial charge in [-0.05, 0) is 89.9 Å². The van der Waals surface area contributed by atoms with E-state index in [1.807, 2.05) is 60.8 Å². The van der Waals surface area contributed by atoms with Crippen LogP contribution in [0.5, 0.6) is 0 Å². The van der Waals surface area contributed by atoms with Gasteiger partial charge in [-0.3, -0.25) is 14.4 Å². The number of ether oxygens (including phenoxy) is 3. The minimum Gasteiger partial charge on any atom is -0.462 e. The average Bonchev–Trinajstić information content (AvgIpc) is 3.30. The van der Waals surface area contributed by atoms with Crippen molar-refractivity contribution in [2.45, 2.75) is 219 Å². The topological polar surface area (TPSA) is 78.9 Å². The van der Waals surface area contributed by atoms with E-state index in [9.17, 15) is 14.4 Å². The molecule has 0 aliphatic rings. The molecule has 0 aromatic carbocycles. The Balaban J connectivity index is 4.55. The van der Waals surface area contributed by atoms with Crippen LogP contribution in [0.2, 0.25) is 0 Å². The van der Waals surface area contributed by atoms with Crippen LogP contribution in [0.3, 0.4) is 0 Å². The lowest BCUT2D eigenvalue weighted by Gasteiger charge is -2.18. The van der Waals surface area contributed by atoms with Crippen molar-refractivity contribution in [3.05, 3.63) is 122 Å². The highest BCUT2D eigenvalue weighted by atomic mass is 16.6. The van der Waals surface area contributed by atoms with Crippen molar-refractivity contribution in [1.29, 1.82) is 0 Å². The Bertz CT molecular complexity index is 1400. The summed E-state index contributed by atoms with van der Waals surface area (Å²) in [5.41, 5.74) is 0. The molecule has 0 saturated heterocycles. The van der Waals surface area contributed by atoms with Crippen molar-refractivity contribution >= 4 is 17.9 Å². The van der Waals surface area contributed by atoms with Crippen molar-refractivity contribution in [2.24, 2.45) is 0 Å². The number of carbonyl (C=O) groups is 3. The van der Waals surface area contributed by atoms with Gasteiger partial charge >= 0.3 is 17.9 Å². The third-order valence-electron chi connectivity index (χ3n) is 10.6. The van der Waals surface area contributed by atoms with Gasteiger partial charge in [-0.1, -0.05) is 226 Å². The molecule has 0 rings (SSSR count). The van der Waals surface area contributed by atoms with Crippen LogP contribution in [0.1, 0.15) is 213 Å². The van der Waals surface area contributed by atoms with E-state index in [4.69, 9.17) is 14.2 Å². The fraction of sp³-hybridized carbons (Fsp3) is 0.610. The zero-order chi connectivity index (χ0) is 47.2. The lowest BCUT2D eigenvalue weighted by molar-refractivity contribution is -0.167. The van der Waals surface area contributed by atoms with Crippen molar-refractivity contribution in [3.63, 3.8) is 0 Å². The molecule has 0 spiro atoms. The highest BCUT2D eigenvalue weighted by molar-refractivity contribution is 5.71. The molecule has 0 aliphatic heterocycles. The molecule has 0 N–H and O–H groups in total. The van der Waals surface area contributed by atoms with E-state index in [0.717, 1.165) is 103 Å². The number of carbonyl (C=O) groups excluding carboxylic acids is 3. The van der Waals surface area contributed by atoms with Gasteiger partial charge in [0.15, 0.2) is 6.10 Å². The quantitative estimate of drug-likeness (QED) is 0.0262. The van der Waals surface area contributed by atoms with Gasteiger partial charge in [-0.15, -0.1) is 0 Å². The van der Waals surface area contributed by atoms with E-state index in [1.54, 1.807) is 0 Å². The average molecular weight is 899 g/mol. The molecule has 6 heteroatoms. The van der Waals surface area contributed by atoms with Crippen LogP contribution in [0, 0.1) is 0 Å². The molecule has 0 aromatic heterocycles. The Morgan fingerprint density at radius 1 is 0.323 bits per heavy atom. The molecule has 0 saturated carbocycles. The first kappa shape index (κ1) is 60.8. The van der Waals surface area contributed by atoms with E-state index in [0.29, 0.717) is 19.3 Å². The number of hydrogen-bond acceptors (Lipinski definition) is 6. The molecular formula is C59H94O6. The highest BCUT2D eigenvalue weighted by Gasteiger charge is 2.19. The van der Waals surface area contributed by atoms with E-state index >= 15 is 0 Å². The van der Waals surface area contributed by atoms with E-state index in [1.165, 1.54) is 70.6 Å². The Hall–Kier alpha value is -4.19. The molecule has 1 unspecified atom stereocenters. The maximum Gasteiger partial charge on any atom is 0.306 e. The lowest BCUT2D eigenvalue weighted by atomic mass is 10.1. The molecule has 0 bridgehead atoms. The Labute approximate surface area is 399 Å². The zero-order valence-electron chi connectivity index (χ0n) is 41.7. The minimum absolute atomic E-state index is 0.107. The summed E-state index contributed by atoms with van der Waals surface area (Å²) in [4.78, 5) is 38.0. The maximum atomic E-state index is 12.8. The SMILES string of the molecule is CC\C=C/C=C\C=C/C=C\C=C\C=C/CCCCCC(=O)OCC(COC(=O)CCCCCCCC/C=C\C=C/CCCCC)OC(=O)CCCCCCCC/C=C\C=C/CCCCC. The summed E-state index contributed by atoms with van der Waals surface area (Å²) in [6, 6.07) is 0. The normalized spacial score (nSPS) is 13.1. The monoisotopic (exact) mass is 899 g/mol. The third kappa shape index (κ3) is 50.7. The van der Waals surface area contributed by atoms with Crippen LogP contribution in [0.25, 0.3) is 0 Å². The zero-order valence-corrected chi connectivity index (χ0v) is 41.7. The van der Waals surface area contributed by atoms with Crippen molar-refractivity contribution < 1.29 is 28.6 Å². The first-order valence-electron chi connectivity index (χ1n) is 26.2. The maximum absolute atomic E-state index is 12.8. The van der Waals surface area contributed by atoms with Crippen molar-refractivity contribution in [3.8, 4) is 0 Å². The van der Waals surface area contributed by atoms with Crippen molar-refractivity contribution in [1.82, 2.24) is 0 Å². The molecule has 65 heavy (non-hydrogen) atoms. The van der Waals surface area contributed by atoms with Gasteiger partial charge in [0.05, 0.1) is 0 Å². The molecule has 6 nitrogen and oxygen atoms in total. The van der Waals surface area contributed by atoms with E-state index in [2.05, 4.69) is 81.5 Å². The predicted octanol–water partition coefficient (Wildman–Crippen LogP) is 17.3. The number of esters is 3. The van der Waals surface area contributed by atoms with Crippen LogP contribution in [0.15, 0.2) is 122 Å². The van der Waals surface area contributed by atoms with Crippen LogP contribution in [-0.4, -0.2) is 37.2 Å². The lowest BCUT2D eigenvalue weighted by Crippen LogP contribution is -2.30. The second-order valence-corrected chi connectivity index (χ2v) is 16.9. The summed E-state index contributed by atoms with van der Waals surface area (Å²) in [6.07, 6.45) is 71.7. The molecule has 0 aromatic rings. The minimum atomic E-state index is -0.811. The largest absolute Gasteiger partial charge is 0.462 e. The van der Waals surface area contributed by atoms with E-state index in [-0.39, 0.29) is 31.1 Å². The first-order chi connectivity index (χ1) is 32.0. The Morgan fingerprint density at radius 3 is 0.969 bits per heavy atom. The molecule has 0 amide bonds. The Kier molecular flexibility index (Phi) is 49.1. The van der Waals surface area contributed by atoms with Gasteiger partial charge in [0.1, 0.15) is 13.2 Å². The third-order valence-corrected chi connectivity index (χ3v) is 10.6. The van der Waals surface area contributed by atoms with E-state index < -0.39 is 6.10 Å². The van der Waals surface area contributed by atoms with Gasteiger partial charge in [-0.2, -0.15) is 0 Å². The molecule has 366 valence electrons. The summed E-state index contributed by atoms with van der Waals surface area (Å²) in [6.45, 7) is 6.36. The molecule has 0 aliphatic carbocycles. The number of rotatable bonds is 45. The number of unbranched alkanes of at least 4 members (excludes halogenated alkanes) is 21. The molecule has 0 radical (unpaired) electrons. The predicted molar refractivity (Wildman–Crippen MR) is 279 cm³/mol. The van der Waals surface area contributed by atoms with Crippen LogP contribution in [-0.2, 0) is 28.6 Å². The smallest absolute Gasteiger partial charge is 0.306 e. The van der Waals surface area contributed by atoms with Crippen LogP contribution >= 0.6 is 0 Å². The Morgan fingerprint density at radius 2 is 0.600 bits per heavy atom. The number of allylic oxidation sites excluding steroid dienone is 20. The number of hydrogen-bond donors (Lipinski definition) is 0. The van der Waals surface area contributed by atoms with Gasteiger partial charge < -0.3 is 14.2 Å². The fourth-order valence-electron chi connectivity index (χ4n) is 6.69. The molecule has 1 atom stereocenters. The summed E-state index contributed by atoms with van der Waals surface area (Å²) in [5.74, 6) is -0.981. The first-order valence-corrected chi connectivity index (χ1v) is 26.2. The second kappa shape index (κ2) is 52.4. The van der Waals surface area contributed by atoms with Crippen molar-refractivity contribution in [2.75, 3.05) is 13.2 Å².